The molecule has 2 N–H and O–H groups in total. The van der Waals surface area contributed by atoms with E-state index in [0.717, 1.165) is 13.0 Å². The molecule has 2 atom stereocenters. The van der Waals surface area contributed by atoms with Crippen molar-refractivity contribution in [1.29, 1.82) is 0 Å². The Hall–Kier alpha value is -0.900. The van der Waals surface area contributed by atoms with E-state index in [0.29, 0.717) is 18.7 Å². The first-order valence-electron chi connectivity index (χ1n) is 7.73. The molecule has 0 saturated carbocycles. The minimum absolute atomic E-state index is 0.206. The van der Waals surface area contributed by atoms with Gasteiger partial charge in [0, 0.05) is 19.2 Å². The summed E-state index contributed by atoms with van der Waals surface area (Å²) in [5, 5.41) is 0. The van der Waals surface area contributed by atoms with E-state index < -0.39 is 0 Å². The molecule has 1 aromatic rings. The lowest BCUT2D eigenvalue weighted by molar-refractivity contribution is 0.138. The van der Waals surface area contributed by atoms with Crippen LogP contribution >= 0.6 is 0 Å². The van der Waals surface area contributed by atoms with E-state index in [1.165, 1.54) is 24.0 Å². The van der Waals surface area contributed by atoms with Gasteiger partial charge in [0.25, 0.3) is 0 Å². The number of benzene rings is 1. The van der Waals surface area contributed by atoms with E-state index >= 15 is 0 Å². The Morgan fingerprint density at radius 1 is 1.30 bits per heavy atom. The smallest absolute Gasteiger partial charge is 0.0716 e. The molecule has 0 amide bonds. The summed E-state index contributed by atoms with van der Waals surface area (Å²) in [6.45, 7) is 6.33. The zero-order valence-corrected chi connectivity index (χ0v) is 13.0. The lowest BCUT2D eigenvalue weighted by atomic mass is 9.92. The Labute approximate surface area is 123 Å². The zero-order chi connectivity index (χ0) is 14.5. The molecule has 1 heterocycles. The van der Waals surface area contributed by atoms with Crippen molar-refractivity contribution in [2.75, 3.05) is 13.7 Å². The number of ether oxygens (including phenoxy) is 1. The number of likely N-dealkylation sites (tertiary alicyclic amines) is 1. The van der Waals surface area contributed by atoms with Gasteiger partial charge in [-0.2, -0.15) is 0 Å². The lowest BCUT2D eigenvalue weighted by Crippen LogP contribution is -2.43. The predicted molar refractivity (Wildman–Crippen MR) is 83.6 cm³/mol. The Bertz CT molecular complexity index is 419. The van der Waals surface area contributed by atoms with Crippen LogP contribution in [0.3, 0.4) is 0 Å². The Morgan fingerprint density at radius 3 is 2.75 bits per heavy atom. The average molecular weight is 276 g/mol. The van der Waals surface area contributed by atoms with Gasteiger partial charge in [0.2, 0.25) is 0 Å². The number of nitrogens with zero attached hydrogens (tertiary/aromatic N) is 1. The highest BCUT2D eigenvalue weighted by Gasteiger charge is 2.31. The second kappa shape index (κ2) is 7.21. The van der Waals surface area contributed by atoms with Crippen LogP contribution in [0.5, 0.6) is 0 Å². The van der Waals surface area contributed by atoms with Crippen LogP contribution in [0.4, 0.5) is 0 Å². The van der Waals surface area contributed by atoms with Gasteiger partial charge >= 0.3 is 0 Å². The first kappa shape index (κ1) is 15.5. The van der Waals surface area contributed by atoms with Gasteiger partial charge in [-0.1, -0.05) is 30.7 Å². The topological polar surface area (TPSA) is 38.5 Å². The maximum atomic E-state index is 6.52. The van der Waals surface area contributed by atoms with Crippen molar-refractivity contribution in [3.05, 3.63) is 35.4 Å². The molecule has 1 aliphatic rings. The minimum atomic E-state index is 0.206. The van der Waals surface area contributed by atoms with Crippen molar-refractivity contribution >= 4 is 0 Å². The summed E-state index contributed by atoms with van der Waals surface area (Å²) >= 11 is 0. The van der Waals surface area contributed by atoms with E-state index in [4.69, 9.17) is 10.5 Å². The lowest BCUT2D eigenvalue weighted by Gasteiger charge is -2.37. The third-order valence-electron chi connectivity index (χ3n) is 4.30. The van der Waals surface area contributed by atoms with Crippen molar-refractivity contribution in [3.63, 3.8) is 0 Å². The number of nitrogens with two attached hydrogens (primary N) is 1. The van der Waals surface area contributed by atoms with Crippen molar-refractivity contribution in [1.82, 2.24) is 4.90 Å². The van der Waals surface area contributed by atoms with Gasteiger partial charge in [0.15, 0.2) is 0 Å². The summed E-state index contributed by atoms with van der Waals surface area (Å²) in [4.78, 5) is 2.56. The Morgan fingerprint density at radius 2 is 2.05 bits per heavy atom. The molecule has 0 radical (unpaired) electrons. The number of methoxy groups -OCH3 is 1. The molecule has 2 unspecified atom stereocenters. The summed E-state index contributed by atoms with van der Waals surface area (Å²) in [5.74, 6) is 0. The highest BCUT2D eigenvalue weighted by atomic mass is 16.5. The van der Waals surface area contributed by atoms with E-state index in [-0.39, 0.29) is 6.04 Å². The maximum Gasteiger partial charge on any atom is 0.0716 e. The van der Waals surface area contributed by atoms with Gasteiger partial charge in [0.1, 0.15) is 0 Å². The predicted octanol–water partition coefficient (Wildman–Crippen LogP) is 3.10. The molecular weight excluding hydrogens is 248 g/mol. The molecule has 0 aliphatic carbocycles. The fourth-order valence-corrected chi connectivity index (χ4v) is 3.32. The van der Waals surface area contributed by atoms with Crippen LogP contribution in [0.1, 0.15) is 50.3 Å². The highest BCUT2D eigenvalue weighted by molar-refractivity contribution is 5.31. The van der Waals surface area contributed by atoms with Gasteiger partial charge < -0.3 is 10.5 Å². The number of rotatable bonds is 4. The Kier molecular flexibility index (Phi) is 5.58. The van der Waals surface area contributed by atoms with Crippen molar-refractivity contribution in [3.8, 4) is 0 Å². The van der Waals surface area contributed by atoms with Gasteiger partial charge in [-0.15, -0.1) is 0 Å². The molecule has 112 valence electrons. The SMILES string of the molecule is COCc1ccccc1C1C(N)CCCCN1C(C)C. The molecule has 0 aromatic heterocycles. The molecule has 3 nitrogen and oxygen atoms in total. The molecule has 1 aromatic carbocycles. The molecule has 1 saturated heterocycles. The van der Waals surface area contributed by atoms with Gasteiger partial charge in [-0.05, 0) is 44.4 Å². The summed E-state index contributed by atoms with van der Waals surface area (Å²) in [5.41, 5.74) is 9.13. The number of hydrogen-bond acceptors (Lipinski definition) is 3. The second-order valence-corrected chi connectivity index (χ2v) is 6.07. The molecule has 3 heteroatoms. The summed E-state index contributed by atoms with van der Waals surface area (Å²) < 4.78 is 5.36. The standard InChI is InChI=1S/C17H28N2O/c1-13(2)19-11-7-6-10-16(18)17(19)15-9-5-4-8-14(15)12-20-3/h4-5,8-9,13,16-17H,6-7,10-12,18H2,1-3H3. The molecular formula is C17H28N2O. The second-order valence-electron chi connectivity index (χ2n) is 6.07. The van der Waals surface area contributed by atoms with E-state index in [2.05, 4.69) is 43.0 Å². The summed E-state index contributed by atoms with van der Waals surface area (Å²) in [7, 11) is 1.75. The molecule has 1 aliphatic heterocycles. The fraction of sp³-hybridized carbons (Fsp3) is 0.647. The van der Waals surface area contributed by atoms with E-state index in [9.17, 15) is 0 Å². The van der Waals surface area contributed by atoms with Crippen LogP contribution in [0.25, 0.3) is 0 Å². The Balaban J connectivity index is 2.38. The van der Waals surface area contributed by atoms with Crippen molar-refractivity contribution in [2.45, 2.75) is 57.8 Å². The fourth-order valence-electron chi connectivity index (χ4n) is 3.32. The third-order valence-corrected chi connectivity index (χ3v) is 4.30. The molecule has 0 bridgehead atoms. The first-order chi connectivity index (χ1) is 9.65. The van der Waals surface area contributed by atoms with E-state index in [1.54, 1.807) is 7.11 Å². The van der Waals surface area contributed by atoms with Crippen LogP contribution in [0.15, 0.2) is 24.3 Å². The quantitative estimate of drug-likeness (QED) is 0.918. The molecule has 20 heavy (non-hydrogen) atoms. The van der Waals surface area contributed by atoms with Gasteiger partial charge in [-0.25, -0.2) is 0 Å². The summed E-state index contributed by atoms with van der Waals surface area (Å²) in [6, 6.07) is 9.61. The van der Waals surface area contributed by atoms with Crippen LogP contribution < -0.4 is 5.73 Å². The monoisotopic (exact) mass is 276 g/mol. The number of hydrogen-bond donors (Lipinski definition) is 1. The first-order valence-corrected chi connectivity index (χ1v) is 7.73. The van der Waals surface area contributed by atoms with Crippen LogP contribution in [0.2, 0.25) is 0 Å². The van der Waals surface area contributed by atoms with Crippen LogP contribution in [-0.2, 0) is 11.3 Å². The third kappa shape index (κ3) is 3.40. The molecule has 0 spiro atoms. The van der Waals surface area contributed by atoms with Gasteiger partial charge in [-0.3, -0.25) is 4.90 Å². The van der Waals surface area contributed by atoms with Crippen LogP contribution in [0, 0.1) is 0 Å². The maximum absolute atomic E-state index is 6.52. The largest absolute Gasteiger partial charge is 0.380 e. The zero-order valence-electron chi connectivity index (χ0n) is 13.0. The minimum Gasteiger partial charge on any atom is -0.380 e. The van der Waals surface area contributed by atoms with Crippen LogP contribution in [-0.4, -0.2) is 30.6 Å². The average Bonchev–Trinajstić information content (AvgIpc) is 2.62. The van der Waals surface area contributed by atoms with Crippen molar-refractivity contribution in [2.24, 2.45) is 5.73 Å². The molecule has 1 fully saturated rings. The molecule has 2 rings (SSSR count). The van der Waals surface area contributed by atoms with E-state index in [1.807, 2.05) is 0 Å². The van der Waals surface area contributed by atoms with Crippen molar-refractivity contribution < 1.29 is 4.74 Å². The van der Waals surface area contributed by atoms with Gasteiger partial charge in [0.05, 0.1) is 12.6 Å². The summed E-state index contributed by atoms with van der Waals surface area (Å²) in [6.07, 6.45) is 3.58. The normalized spacial score (nSPS) is 24.9. The highest BCUT2D eigenvalue weighted by Crippen LogP contribution is 2.33.